The van der Waals surface area contributed by atoms with Gasteiger partial charge >= 0.3 is 6.03 Å². The highest BCUT2D eigenvalue weighted by Gasteiger charge is 2.33. The molecule has 1 atom stereocenters. The highest BCUT2D eigenvalue weighted by Crippen LogP contribution is 2.20. The summed E-state index contributed by atoms with van der Waals surface area (Å²) in [6.45, 7) is 9.80. The van der Waals surface area contributed by atoms with Gasteiger partial charge in [0.1, 0.15) is 5.82 Å². The third-order valence-corrected chi connectivity index (χ3v) is 5.10. The fourth-order valence-electron chi connectivity index (χ4n) is 3.54. The number of rotatable bonds is 3. The SMILES string of the molecule is CN(C(=O)N1CCOCC1)[C@H]1CCN(C(=O)c2ccc(NC(C)(C)C)nc2)C1. The lowest BCUT2D eigenvalue weighted by molar-refractivity contribution is 0.0421. The normalized spacial score (nSPS) is 20.2. The number of carbonyl (C=O) groups is 2. The number of anilines is 1. The molecule has 28 heavy (non-hydrogen) atoms. The van der Waals surface area contributed by atoms with E-state index in [4.69, 9.17) is 4.74 Å². The molecular weight excluding hydrogens is 358 g/mol. The number of nitrogens with zero attached hydrogens (tertiary/aromatic N) is 4. The Balaban J connectivity index is 1.57. The standard InChI is InChI=1S/C20H31N5O3/c1-20(2,3)22-17-6-5-15(13-21-17)18(26)25-8-7-16(14-25)23(4)19(27)24-9-11-28-12-10-24/h5-6,13,16H,7-12,14H2,1-4H3,(H,21,22)/t16-/m0/s1. The maximum Gasteiger partial charge on any atom is 0.320 e. The van der Waals surface area contributed by atoms with Gasteiger partial charge in [-0.05, 0) is 39.3 Å². The second kappa shape index (κ2) is 8.34. The third kappa shape index (κ3) is 4.92. The molecule has 1 aromatic rings. The van der Waals surface area contributed by atoms with E-state index in [2.05, 4.69) is 31.1 Å². The van der Waals surface area contributed by atoms with Crippen molar-refractivity contribution in [1.29, 1.82) is 0 Å². The van der Waals surface area contributed by atoms with Crippen LogP contribution in [0.4, 0.5) is 10.6 Å². The van der Waals surface area contributed by atoms with Crippen LogP contribution < -0.4 is 5.32 Å². The number of nitrogens with one attached hydrogen (secondary N) is 1. The van der Waals surface area contributed by atoms with Crippen molar-refractivity contribution >= 4 is 17.8 Å². The third-order valence-electron chi connectivity index (χ3n) is 5.10. The summed E-state index contributed by atoms with van der Waals surface area (Å²) in [4.78, 5) is 35.2. The smallest absolute Gasteiger partial charge is 0.320 e. The Morgan fingerprint density at radius 3 is 2.50 bits per heavy atom. The average Bonchev–Trinajstić information content (AvgIpc) is 3.16. The molecule has 2 fully saturated rings. The zero-order chi connectivity index (χ0) is 20.3. The first kappa shape index (κ1) is 20.4. The minimum absolute atomic E-state index is 0.0156. The van der Waals surface area contributed by atoms with Crippen molar-refractivity contribution in [2.75, 3.05) is 51.8 Å². The van der Waals surface area contributed by atoms with Crippen LogP contribution in [0.2, 0.25) is 0 Å². The first-order valence-corrected chi connectivity index (χ1v) is 9.87. The molecule has 0 radical (unpaired) electrons. The van der Waals surface area contributed by atoms with Gasteiger partial charge in [-0.3, -0.25) is 4.79 Å². The largest absolute Gasteiger partial charge is 0.378 e. The Kier molecular flexibility index (Phi) is 6.07. The van der Waals surface area contributed by atoms with Crippen molar-refractivity contribution in [1.82, 2.24) is 19.7 Å². The lowest BCUT2D eigenvalue weighted by atomic mass is 10.1. The summed E-state index contributed by atoms with van der Waals surface area (Å²) in [5, 5.41) is 3.29. The molecule has 0 aromatic carbocycles. The summed E-state index contributed by atoms with van der Waals surface area (Å²) >= 11 is 0. The molecule has 0 unspecified atom stereocenters. The van der Waals surface area contributed by atoms with Crippen molar-refractivity contribution in [2.45, 2.75) is 38.8 Å². The van der Waals surface area contributed by atoms with Gasteiger partial charge in [0.2, 0.25) is 0 Å². The Hall–Kier alpha value is -2.35. The lowest BCUT2D eigenvalue weighted by Crippen LogP contribution is -2.50. The quantitative estimate of drug-likeness (QED) is 0.854. The molecule has 1 N–H and O–H groups in total. The van der Waals surface area contributed by atoms with Crippen molar-refractivity contribution in [2.24, 2.45) is 0 Å². The Morgan fingerprint density at radius 2 is 1.89 bits per heavy atom. The zero-order valence-corrected chi connectivity index (χ0v) is 17.3. The van der Waals surface area contributed by atoms with Crippen LogP contribution >= 0.6 is 0 Å². The van der Waals surface area contributed by atoms with E-state index in [9.17, 15) is 9.59 Å². The van der Waals surface area contributed by atoms with Crippen LogP contribution in [0.3, 0.4) is 0 Å². The molecule has 154 valence electrons. The summed E-state index contributed by atoms with van der Waals surface area (Å²) < 4.78 is 5.31. The number of morpholine rings is 1. The van der Waals surface area contributed by atoms with Crippen LogP contribution in [0.15, 0.2) is 18.3 Å². The van der Waals surface area contributed by atoms with Crippen LogP contribution in [0, 0.1) is 0 Å². The molecule has 8 nitrogen and oxygen atoms in total. The molecule has 2 aliphatic heterocycles. The number of pyridine rings is 1. The summed E-state index contributed by atoms with van der Waals surface area (Å²) in [6, 6.07) is 3.69. The van der Waals surface area contributed by atoms with Crippen LogP contribution in [0.5, 0.6) is 0 Å². The molecule has 3 rings (SSSR count). The number of aromatic nitrogens is 1. The van der Waals surface area contributed by atoms with E-state index in [0.29, 0.717) is 45.0 Å². The number of likely N-dealkylation sites (N-methyl/N-ethyl adjacent to an activating group) is 1. The van der Waals surface area contributed by atoms with E-state index in [1.807, 2.05) is 22.9 Å². The van der Waals surface area contributed by atoms with Gasteiger partial charge in [-0.15, -0.1) is 0 Å². The maximum atomic E-state index is 12.8. The van der Waals surface area contributed by atoms with E-state index in [1.165, 1.54) is 0 Å². The number of carbonyl (C=O) groups excluding carboxylic acids is 2. The first-order valence-electron chi connectivity index (χ1n) is 9.87. The van der Waals surface area contributed by atoms with Crippen molar-refractivity contribution in [3.05, 3.63) is 23.9 Å². The molecular formula is C20H31N5O3. The number of ether oxygens (including phenoxy) is 1. The molecule has 3 heterocycles. The Morgan fingerprint density at radius 1 is 1.18 bits per heavy atom. The minimum Gasteiger partial charge on any atom is -0.378 e. The second-order valence-electron chi connectivity index (χ2n) is 8.49. The molecule has 2 aliphatic rings. The number of urea groups is 1. The first-order chi connectivity index (χ1) is 13.2. The second-order valence-corrected chi connectivity index (χ2v) is 8.49. The molecule has 2 saturated heterocycles. The van der Waals surface area contributed by atoms with E-state index in [1.54, 1.807) is 17.2 Å². The van der Waals surface area contributed by atoms with Crippen LogP contribution in [0.1, 0.15) is 37.6 Å². The molecule has 0 saturated carbocycles. The predicted octanol–water partition coefficient (Wildman–Crippen LogP) is 1.89. The number of hydrogen-bond donors (Lipinski definition) is 1. The number of hydrogen-bond acceptors (Lipinski definition) is 5. The minimum atomic E-state index is -0.0850. The van der Waals surface area contributed by atoms with Gasteiger partial charge in [0.15, 0.2) is 0 Å². The predicted molar refractivity (Wildman–Crippen MR) is 107 cm³/mol. The molecule has 8 heteroatoms. The van der Waals surface area contributed by atoms with Crippen molar-refractivity contribution in [3.8, 4) is 0 Å². The van der Waals surface area contributed by atoms with Crippen LogP contribution in [-0.4, -0.2) is 89.6 Å². The van der Waals surface area contributed by atoms with E-state index in [0.717, 1.165) is 12.2 Å². The van der Waals surface area contributed by atoms with Crippen LogP contribution in [-0.2, 0) is 4.74 Å². The van der Waals surface area contributed by atoms with Crippen molar-refractivity contribution < 1.29 is 14.3 Å². The highest BCUT2D eigenvalue weighted by atomic mass is 16.5. The number of likely N-dealkylation sites (tertiary alicyclic amines) is 1. The van der Waals surface area contributed by atoms with Crippen molar-refractivity contribution in [3.63, 3.8) is 0 Å². The van der Waals surface area contributed by atoms with Gasteiger partial charge in [0.05, 0.1) is 24.8 Å². The number of amides is 3. The van der Waals surface area contributed by atoms with E-state index < -0.39 is 0 Å². The average molecular weight is 390 g/mol. The Labute approximate surface area is 166 Å². The molecule has 0 spiro atoms. The van der Waals surface area contributed by atoms with Gasteiger partial charge in [-0.1, -0.05) is 0 Å². The van der Waals surface area contributed by atoms with Gasteiger partial charge < -0.3 is 24.8 Å². The summed E-state index contributed by atoms with van der Waals surface area (Å²) in [5.41, 5.74) is 0.487. The van der Waals surface area contributed by atoms with Crippen LogP contribution in [0.25, 0.3) is 0 Å². The monoisotopic (exact) mass is 389 g/mol. The molecule has 1 aromatic heterocycles. The maximum absolute atomic E-state index is 12.8. The van der Waals surface area contributed by atoms with E-state index in [-0.39, 0.29) is 23.5 Å². The zero-order valence-electron chi connectivity index (χ0n) is 17.3. The fourth-order valence-corrected chi connectivity index (χ4v) is 3.54. The summed E-state index contributed by atoms with van der Waals surface area (Å²) in [5.74, 6) is 0.712. The Bertz CT molecular complexity index is 695. The summed E-state index contributed by atoms with van der Waals surface area (Å²) in [7, 11) is 1.82. The van der Waals surface area contributed by atoms with Gasteiger partial charge in [0.25, 0.3) is 5.91 Å². The molecule has 0 aliphatic carbocycles. The van der Waals surface area contributed by atoms with Gasteiger partial charge in [-0.25, -0.2) is 9.78 Å². The topological polar surface area (TPSA) is 78.0 Å². The molecule has 0 bridgehead atoms. The van der Waals surface area contributed by atoms with Gasteiger partial charge in [-0.2, -0.15) is 0 Å². The lowest BCUT2D eigenvalue weighted by Gasteiger charge is -2.33. The highest BCUT2D eigenvalue weighted by molar-refractivity contribution is 5.94. The summed E-state index contributed by atoms with van der Waals surface area (Å²) in [6.07, 6.45) is 2.40. The van der Waals surface area contributed by atoms with Gasteiger partial charge in [0, 0.05) is 45.0 Å². The van der Waals surface area contributed by atoms with E-state index >= 15 is 0 Å². The molecule has 3 amide bonds. The fraction of sp³-hybridized carbons (Fsp3) is 0.650.